The lowest BCUT2D eigenvalue weighted by Gasteiger charge is -2.34. The van der Waals surface area contributed by atoms with E-state index in [4.69, 9.17) is 18.9 Å². The van der Waals surface area contributed by atoms with Crippen LogP contribution in [0.25, 0.3) is 0 Å². The van der Waals surface area contributed by atoms with Gasteiger partial charge in [-0.3, -0.25) is 19.2 Å². The van der Waals surface area contributed by atoms with Crippen LogP contribution < -0.4 is 0 Å². The van der Waals surface area contributed by atoms with Crippen LogP contribution in [0.4, 0.5) is 0 Å². The van der Waals surface area contributed by atoms with Crippen molar-refractivity contribution in [1.29, 1.82) is 0 Å². The monoisotopic (exact) mass is 620 g/mol. The molecule has 44 heavy (non-hydrogen) atoms. The Morgan fingerprint density at radius 2 is 0.636 bits per heavy atom. The van der Waals surface area contributed by atoms with E-state index in [0.29, 0.717) is 25.7 Å². The smallest absolute Gasteiger partial charge is 0.311 e. The maximum atomic E-state index is 12.7. The molecule has 0 N–H and O–H groups in total. The van der Waals surface area contributed by atoms with Gasteiger partial charge in [-0.15, -0.1) is 13.2 Å². The number of allylic oxidation sites excluding steroid dienone is 4. The summed E-state index contributed by atoms with van der Waals surface area (Å²) >= 11 is 0. The first-order valence-electron chi connectivity index (χ1n) is 15.4. The summed E-state index contributed by atoms with van der Waals surface area (Å²) in [7, 11) is 0. The average molecular weight is 621 g/mol. The van der Waals surface area contributed by atoms with Crippen molar-refractivity contribution in [3.8, 4) is 0 Å². The number of ether oxygens (including phenoxy) is 4. The van der Waals surface area contributed by atoms with E-state index in [9.17, 15) is 19.2 Å². The Bertz CT molecular complexity index is 880. The molecule has 0 radical (unpaired) electrons. The lowest BCUT2D eigenvalue weighted by Crippen LogP contribution is -2.38. The molecule has 0 aliphatic rings. The second kappa shape index (κ2) is 16.4. The molecule has 0 spiro atoms. The molecule has 0 bridgehead atoms. The van der Waals surface area contributed by atoms with Crippen molar-refractivity contribution in [1.82, 2.24) is 0 Å². The van der Waals surface area contributed by atoms with E-state index in [1.165, 1.54) is 0 Å². The molecular weight excluding hydrogens is 560 g/mol. The first-order valence-corrected chi connectivity index (χ1v) is 15.4. The first-order chi connectivity index (χ1) is 19.8. The maximum Gasteiger partial charge on any atom is 0.311 e. The Labute approximate surface area is 267 Å². The topological polar surface area (TPSA) is 105 Å². The molecule has 0 aromatic carbocycles. The zero-order chi connectivity index (χ0) is 34.6. The number of hydrogen-bond acceptors (Lipinski definition) is 8. The molecule has 0 fully saturated rings. The molecule has 252 valence electrons. The highest BCUT2D eigenvalue weighted by atomic mass is 16.6. The Kier molecular flexibility index (Phi) is 15.3. The van der Waals surface area contributed by atoms with Crippen LogP contribution in [0.5, 0.6) is 0 Å². The summed E-state index contributed by atoms with van der Waals surface area (Å²) < 4.78 is 22.9. The van der Waals surface area contributed by atoms with Crippen molar-refractivity contribution in [3.05, 3.63) is 37.5 Å². The van der Waals surface area contributed by atoms with E-state index in [1.54, 1.807) is 95.2 Å². The fourth-order valence-corrected chi connectivity index (χ4v) is 3.74. The number of rotatable bonds is 16. The van der Waals surface area contributed by atoms with Crippen LogP contribution >= 0.6 is 0 Å². The molecule has 0 heterocycles. The predicted octanol–water partition coefficient (Wildman–Crippen LogP) is 7.81. The summed E-state index contributed by atoms with van der Waals surface area (Å²) in [6.45, 7) is 29.3. The molecule has 0 saturated carbocycles. The molecular formula is C36H60O8. The zero-order valence-corrected chi connectivity index (χ0v) is 29.6. The van der Waals surface area contributed by atoms with Crippen LogP contribution in [-0.2, 0) is 38.1 Å². The van der Waals surface area contributed by atoms with Gasteiger partial charge in [0.05, 0.1) is 21.7 Å². The second-order valence-electron chi connectivity index (χ2n) is 16.2. The standard InChI is InChI=1S/C36H60O8/c1-15-19-35(23-41-27(37)31(3,4)5,24-42-28(38)32(6,7)8)21-17-18-22-36(20-16-2,25-43-29(39)33(9,10)11)26-44-30(40)34(12,13)14/h15-18H,1-2,19-26H2,3-14H3/b18-17+. The van der Waals surface area contributed by atoms with Gasteiger partial charge in [-0.05, 0) is 109 Å². The van der Waals surface area contributed by atoms with Gasteiger partial charge in [0.15, 0.2) is 0 Å². The summed E-state index contributed by atoms with van der Waals surface area (Å²) in [5.74, 6) is -1.43. The van der Waals surface area contributed by atoms with Crippen molar-refractivity contribution in [2.45, 2.75) is 109 Å². The van der Waals surface area contributed by atoms with E-state index in [0.717, 1.165) is 0 Å². The Morgan fingerprint density at radius 3 is 0.795 bits per heavy atom. The molecule has 8 heteroatoms. The molecule has 0 aliphatic heterocycles. The quantitative estimate of drug-likeness (QED) is 0.0978. The van der Waals surface area contributed by atoms with Crippen molar-refractivity contribution in [2.75, 3.05) is 26.4 Å². The molecule has 0 amide bonds. The molecule has 0 rings (SSSR count). The molecule has 0 aromatic heterocycles. The second-order valence-corrected chi connectivity index (χ2v) is 16.2. The van der Waals surface area contributed by atoms with Crippen LogP contribution in [-0.4, -0.2) is 50.3 Å². The van der Waals surface area contributed by atoms with Crippen LogP contribution in [0.2, 0.25) is 0 Å². The summed E-state index contributed by atoms with van der Waals surface area (Å²) in [4.78, 5) is 50.7. The van der Waals surface area contributed by atoms with Gasteiger partial charge in [0, 0.05) is 10.8 Å². The van der Waals surface area contributed by atoms with Gasteiger partial charge < -0.3 is 18.9 Å². The van der Waals surface area contributed by atoms with Gasteiger partial charge in [0.25, 0.3) is 0 Å². The summed E-state index contributed by atoms with van der Waals surface area (Å²) in [5.41, 5.74) is -4.29. The van der Waals surface area contributed by atoms with E-state index in [2.05, 4.69) is 13.2 Å². The fraction of sp³-hybridized carbons (Fsp3) is 0.722. The summed E-state index contributed by atoms with van der Waals surface area (Å²) in [5, 5.41) is 0. The average Bonchev–Trinajstić information content (AvgIpc) is 2.87. The van der Waals surface area contributed by atoms with Crippen LogP contribution in [0.3, 0.4) is 0 Å². The largest absolute Gasteiger partial charge is 0.465 e. The molecule has 0 unspecified atom stereocenters. The molecule has 0 saturated heterocycles. The van der Waals surface area contributed by atoms with Crippen molar-refractivity contribution >= 4 is 23.9 Å². The molecule has 0 atom stereocenters. The van der Waals surface area contributed by atoms with Gasteiger partial charge in [-0.25, -0.2) is 0 Å². The van der Waals surface area contributed by atoms with Crippen LogP contribution in [0.15, 0.2) is 37.5 Å². The van der Waals surface area contributed by atoms with Crippen molar-refractivity contribution in [3.63, 3.8) is 0 Å². The Balaban J connectivity index is 6.30. The Hall–Kier alpha value is -2.90. The molecule has 0 aromatic rings. The third-order valence-corrected chi connectivity index (χ3v) is 6.91. The van der Waals surface area contributed by atoms with E-state index >= 15 is 0 Å². The lowest BCUT2D eigenvalue weighted by atomic mass is 9.80. The SMILES string of the molecule is C=CCC(C/C=C/CC(CC=C)(COC(=O)C(C)(C)C)COC(=O)C(C)(C)C)(COC(=O)C(C)(C)C)COC(=O)C(C)(C)C. The lowest BCUT2D eigenvalue weighted by molar-refractivity contribution is -0.165. The van der Waals surface area contributed by atoms with E-state index in [-0.39, 0.29) is 50.3 Å². The molecule has 8 nitrogen and oxygen atoms in total. The van der Waals surface area contributed by atoms with Gasteiger partial charge in [0.1, 0.15) is 26.4 Å². The Morgan fingerprint density at radius 1 is 0.432 bits per heavy atom. The van der Waals surface area contributed by atoms with Crippen molar-refractivity contribution < 1.29 is 38.1 Å². The highest BCUT2D eigenvalue weighted by Crippen LogP contribution is 2.35. The first kappa shape index (κ1) is 41.1. The van der Waals surface area contributed by atoms with Crippen LogP contribution in [0, 0.1) is 32.5 Å². The number of carbonyl (C=O) groups excluding carboxylic acids is 4. The van der Waals surface area contributed by atoms with E-state index in [1.807, 2.05) is 12.2 Å². The maximum absolute atomic E-state index is 12.7. The number of hydrogen-bond donors (Lipinski definition) is 0. The highest BCUT2D eigenvalue weighted by Gasteiger charge is 2.37. The van der Waals surface area contributed by atoms with Crippen LogP contribution in [0.1, 0.15) is 109 Å². The summed E-state index contributed by atoms with van der Waals surface area (Å²) in [6.07, 6.45) is 8.99. The van der Waals surface area contributed by atoms with E-state index < -0.39 is 32.5 Å². The van der Waals surface area contributed by atoms with Gasteiger partial charge in [-0.2, -0.15) is 0 Å². The molecule has 0 aliphatic carbocycles. The van der Waals surface area contributed by atoms with Gasteiger partial charge in [0.2, 0.25) is 0 Å². The summed E-state index contributed by atoms with van der Waals surface area (Å²) in [6, 6.07) is 0. The highest BCUT2D eigenvalue weighted by molar-refractivity contribution is 5.76. The minimum Gasteiger partial charge on any atom is -0.465 e. The minimum absolute atomic E-state index is 0.0288. The number of carbonyl (C=O) groups is 4. The number of esters is 4. The van der Waals surface area contributed by atoms with Gasteiger partial charge in [-0.1, -0.05) is 24.3 Å². The third kappa shape index (κ3) is 14.7. The minimum atomic E-state index is -0.751. The van der Waals surface area contributed by atoms with Crippen molar-refractivity contribution in [2.24, 2.45) is 32.5 Å². The third-order valence-electron chi connectivity index (χ3n) is 6.91. The predicted molar refractivity (Wildman–Crippen MR) is 175 cm³/mol. The normalized spacial score (nSPS) is 13.3. The fourth-order valence-electron chi connectivity index (χ4n) is 3.74. The van der Waals surface area contributed by atoms with Gasteiger partial charge >= 0.3 is 23.9 Å². The zero-order valence-electron chi connectivity index (χ0n) is 29.6.